The summed E-state index contributed by atoms with van der Waals surface area (Å²) >= 11 is 5.86. The summed E-state index contributed by atoms with van der Waals surface area (Å²) in [7, 11) is 0. The molecule has 0 saturated heterocycles. The largest absolute Gasteiger partial charge is 0.322 e. The smallest absolute Gasteiger partial charge is 0.251 e. The van der Waals surface area contributed by atoms with E-state index in [-0.39, 0.29) is 18.0 Å². The number of benzene rings is 1. The number of rotatable bonds is 4. The normalized spacial score (nSPS) is 10.6. The molecule has 0 radical (unpaired) electrons. The predicted molar refractivity (Wildman–Crippen MR) is 92.6 cm³/mol. The van der Waals surface area contributed by atoms with Crippen LogP contribution in [0.25, 0.3) is 5.69 Å². The lowest BCUT2D eigenvalue weighted by molar-refractivity contribution is -0.116. The molecule has 1 aromatic carbocycles. The molecule has 0 unspecified atom stereocenters. The van der Waals surface area contributed by atoms with Gasteiger partial charge in [0, 0.05) is 17.3 Å². The van der Waals surface area contributed by atoms with Crippen LogP contribution in [-0.4, -0.2) is 20.3 Å². The maximum atomic E-state index is 12.1. The van der Waals surface area contributed by atoms with Crippen molar-refractivity contribution in [2.45, 2.75) is 13.5 Å². The third kappa shape index (κ3) is 3.72. The Labute approximate surface area is 143 Å². The Morgan fingerprint density at radius 1 is 1.25 bits per heavy atom. The molecule has 1 amide bonds. The average molecular weight is 343 g/mol. The Morgan fingerprint density at radius 3 is 2.71 bits per heavy atom. The number of halogens is 1. The van der Waals surface area contributed by atoms with E-state index >= 15 is 0 Å². The Hall–Kier alpha value is -2.86. The predicted octanol–water partition coefficient (Wildman–Crippen LogP) is 2.63. The van der Waals surface area contributed by atoms with Gasteiger partial charge in [0.15, 0.2) is 0 Å². The summed E-state index contributed by atoms with van der Waals surface area (Å²) in [5.41, 5.74) is 2.03. The summed E-state index contributed by atoms with van der Waals surface area (Å²) < 4.78 is 2.98. The molecule has 0 aliphatic rings. The molecule has 2 aromatic heterocycles. The molecule has 3 rings (SSSR count). The van der Waals surface area contributed by atoms with Crippen LogP contribution in [0.2, 0.25) is 5.02 Å². The Balaban J connectivity index is 1.69. The summed E-state index contributed by atoms with van der Waals surface area (Å²) in [5, 5.41) is 7.56. The standard InChI is InChI=1S/C17H15ClN4O2/c1-12-6-7-21(17(24)8-12)11-16(23)20-14-9-19-22(10-14)15-4-2-13(18)3-5-15/h2-10H,11H2,1H3,(H,20,23). The number of hydrogen-bond donors (Lipinski definition) is 1. The van der Waals surface area contributed by atoms with Crippen LogP contribution in [0.4, 0.5) is 5.69 Å². The number of anilines is 1. The van der Waals surface area contributed by atoms with Gasteiger partial charge >= 0.3 is 0 Å². The first-order chi connectivity index (χ1) is 11.5. The van der Waals surface area contributed by atoms with Gasteiger partial charge < -0.3 is 9.88 Å². The number of aromatic nitrogens is 3. The molecule has 2 heterocycles. The van der Waals surface area contributed by atoms with E-state index in [1.165, 1.54) is 10.6 Å². The van der Waals surface area contributed by atoms with Crippen LogP contribution in [0.5, 0.6) is 0 Å². The molecule has 1 N–H and O–H groups in total. The quantitative estimate of drug-likeness (QED) is 0.792. The number of amides is 1. The van der Waals surface area contributed by atoms with Crippen molar-refractivity contribution in [1.82, 2.24) is 14.3 Å². The highest BCUT2D eigenvalue weighted by atomic mass is 35.5. The molecule has 6 nitrogen and oxygen atoms in total. The average Bonchev–Trinajstić information content (AvgIpc) is 2.99. The highest BCUT2D eigenvalue weighted by Gasteiger charge is 2.07. The van der Waals surface area contributed by atoms with Gasteiger partial charge in [-0.2, -0.15) is 5.10 Å². The number of pyridine rings is 1. The third-order valence-corrected chi connectivity index (χ3v) is 3.68. The van der Waals surface area contributed by atoms with Crippen molar-refractivity contribution in [3.63, 3.8) is 0 Å². The highest BCUT2D eigenvalue weighted by Crippen LogP contribution is 2.15. The summed E-state index contributed by atoms with van der Waals surface area (Å²) in [4.78, 5) is 23.9. The summed E-state index contributed by atoms with van der Waals surface area (Å²) in [5.74, 6) is -0.295. The van der Waals surface area contributed by atoms with E-state index in [0.717, 1.165) is 11.3 Å². The minimum absolute atomic E-state index is 0.0504. The molecule has 7 heteroatoms. The second kappa shape index (κ2) is 6.72. The summed E-state index contributed by atoms with van der Waals surface area (Å²) in [6.45, 7) is 1.78. The SMILES string of the molecule is Cc1ccn(CC(=O)Nc2cnn(-c3ccc(Cl)cc3)c2)c(=O)c1. The molecule has 3 aromatic rings. The topological polar surface area (TPSA) is 68.9 Å². The van der Waals surface area contributed by atoms with Crippen LogP contribution < -0.4 is 10.9 Å². The zero-order valence-electron chi connectivity index (χ0n) is 12.9. The van der Waals surface area contributed by atoms with Gasteiger partial charge in [0.25, 0.3) is 5.56 Å². The van der Waals surface area contributed by atoms with Crippen molar-refractivity contribution < 1.29 is 4.79 Å². The van der Waals surface area contributed by atoms with Crippen LogP contribution in [0.1, 0.15) is 5.56 Å². The van der Waals surface area contributed by atoms with Gasteiger partial charge in [-0.05, 0) is 42.8 Å². The fourth-order valence-electron chi connectivity index (χ4n) is 2.22. The van der Waals surface area contributed by atoms with Crippen molar-refractivity contribution in [2.24, 2.45) is 0 Å². The Bertz CT molecular complexity index is 928. The molecule has 24 heavy (non-hydrogen) atoms. The molecule has 0 saturated carbocycles. The minimum Gasteiger partial charge on any atom is -0.322 e. The van der Waals surface area contributed by atoms with Crippen LogP contribution >= 0.6 is 11.6 Å². The third-order valence-electron chi connectivity index (χ3n) is 3.42. The second-order valence-electron chi connectivity index (χ2n) is 5.37. The first kappa shape index (κ1) is 16.0. The van der Waals surface area contributed by atoms with Gasteiger partial charge in [-0.1, -0.05) is 11.6 Å². The fourth-order valence-corrected chi connectivity index (χ4v) is 2.34. The van der Waals surface area contributed by atoms with Crippen molar-refractivity contribution in [1.29, 1.82) is 0 Å². The van der Waals surface area contributed by atoms with Crippen LogP contribution in [0.15, 0.2) is 59.8 Å². The number of nitrogens with zero attached hydrogens (tertiary/aromatic N) is 3. The van der Waals surface area contributed by atoms with Gasteiger partial charge in [0.05, 0.1) is 23.8 Å². The van der Waals surface area contributed by atoms with Gasteiger partial charge in [-0.25, -0.2) is 4.68 Å². The van der Waals surface area contributed by atoms with E-state index in [4.69, 9.17) is 11.6 Å². The molecule has 0 bridgehead atoms. The Kier molecular flexibility index (Phi) is 4.48. The monoisotopic (exact) mass is 342 g/mol. The fraction of sp³-hybridized carbons (Fsp3) is 0.118. The number of nitrogens with one attached hydrogen (secondary N) is 1. The molecule has 0 atom stereocenters. The van der Waals surface area contributed by atoms with Crippen molar-refractivity contribution in [2.75, 3.05) is 5.32 Å². The van der Waals surface area contributed by atoms with Gasteiger partial charge in [0.2, 0.25) is 5.91 Å². The molecule has 0 fully saturated rings. The number of carbonyl (C=O) groups excluding carboxylic acids is 1. The van der Waals surface area contributed by atoms with Crippen molar-refractivity contribution in [3.05, 3.63) is 75.9 Å². The maximum absolute atomic E-state index is 12.1. The lowest BCUT2D eigenvalue weighted by Gasteiger charge is -2.06. The van der Waals surface area contributed by atoms with E-state index < -0.39 is 0 Å². The molecule has 0 aliphatic carbocycles. The van der Waals surface area contributed by atoms with Crippen LogP contribution in [0, 0.1) is 6.92 Å². The van der Waals surface area contributed by atoms with E-state index in [0.29, 0.717) is 10.7 Å². The highest BCUT2D eigenvalue weighted by molar-refractivity contribution is 6.30. The van der Waals surface area contributed by atoms with Crippen LogP contribution in [0.3, 0.4) is 0 Å². The summed E-state index contributed by atoms with van der Waals surface area (Å²) in [6.07, 6.45) is 4.85. The van der Waals surface area contributed by atoms with E-state index in [1.807, 2.05) is 19.1 Å². The lowest BCUT2D eigenvalue weighted by Crippen LogP contribution is -2.26. The second-order valence-corrected chi connectivity index (χ2v) is 5.80. The summed E-state index contributed by atoms with van der Waals surface area (Å²) in [6, 6.07) is 10.5. The van der Waals surface area contributed by atoms with Gasteiger partial charge in [-0.15, -0.1) is 0 Å². The number of aryl methyl sites for hydroxylation is 1. The van der Waals surface area contributed by atoms with Gasteiger partial charge in [0.1, 0.15) is 6.54 Å². The first-order valence-electron chi connectivity index (χ1n) is 7.29. The maximum Gasteiger partial charge on any atom is 0.251 e. The zero-order chi connectivity index (χ0) is 17.1. The number of hydrogen-bond acceptors (Lipinski definition) is 3. The van der Waals surface area contributed by atoms with Gasteiger partial charge in [-0.3, -0.25) is 9.59 Å². The first-order valence-corrected chi connectivity index (χ1v) is 7.66. The molecule has 122 valence electrons. The van der Waals surface area contributed by atoms with E-state index in [9.17, 15) is 9.59 Å². The zero-order valence-corrected chi connectivity index (χ0v) is 13.7. The molecule has 0 spiro atoms. The van der Waals surface area contributed by atoms with E-state index in [2.05, 4.69) is 10.4 Å². The minimum atomic E-state index is -0.295. The Morgan fingerprint density at radius 2 is 2.00 bits per heavy atom. The van der Waals surface area contributed by atoms with E-state index in [1.54, 1.807) is 41.5 Å². The molecule has 0 aliphatic heterocycles. The number of carbonyl (C=O) groups is 1. The van der Waals surface area contributed by atoms with Crippen molar-refractivity contribution >= 4 is 23.2 Å². The van der Waals surface area contributed by atoms with Crippen molar-refractivity contribution in [3.8, 4) is 5.69 Å². The van der Waals surface area contributed by atoms with Crippen LogP contribution in [-0.2, 0) is 11.3 Å². The molecular weight excluding hydrogens is 328 g/mol. The molecular formula is C17H15ClN4O2. The lowest BCUT2D eigenvalue weighted by atomic mass is 10.3.